The molecule has 0 atom stereocenters. The fraction of sp³-hybridized carbons (Fsp3) is 0.462. The van der Waals surface area contributed by atoms with Gasteiger partial charge in [0.05, 0.1) is 6.54 Å². The minimum absolute atomic E-state index is 0.0805. The van der Waals surface area contributed by atoms with Crippen molar-refractivity contribution in [3.05, 3.63) is 29.8 Å². The van der Waals surface area contributed by atoms with Gasteiger partial charge in [0.2, 0.25) is 0 Å². The second kappa shape index (κ2) is 7.04. The Labute approximate surface area is 102 Å². The summed E-state index contributed by atoms with van der Waals surface area (Å²) in [4.78, 5) is 13.9. The molecular weight excluding hydrogens is 216 g/mol. The fourth-order valence-electron chi connectivity index (χ4n) is 1.59. The van der Waals surface area contributed by atoms with Gasteiger partial charge in [0, 0.05) is 5.56 Å². The second-order valence-electron chi connectivity index (χ2n) is 4.16. The minimum Gasteiger partial charge on any atom is -0.508 e. The molecule has 17 heavy (non-hydrogen) atoms. The molecule has 0 saturated heterocycles. The number of phenolic OH excluding ortho intramolecular Hbond substituents is 1. The normalized spacial score (nSPS) is 10.8. The third kappa shape index (κ3) is 4.97. The van der Waals surface area contributed by atoms with Crippen molar-refractivity contribution in [1.82, 2.24) is 10.2 Å². The first-order valence-corrected chi connectivity index (χ1v) is 5.79. The van der Waals surface area contributed by atoms with Crippen LogP contribution in [0.15, 0.2) is 24.3 Å². The van der Waals surface area contributed by atoms with Gasteiger partial charge in [-0.3, -0.25) is 9.69 Å². The largest absolute Gasteiger partial charge is 0.508 e. The molecule has 1 rings (SSSR count). The first-order valence-electron chi connectivity index (χ1n) is 5.79. The van der Waals surface area contributed by atoms with Crippen molar-refractivity contribution in [3.8, 4) is 5.75 Å². The van der Waals surface area contributed by atoms with E-state index >= 15 is 0 Å². The van der Waals surface area contributed by atoms with Crippen molar-refractivity contribution in [2.45, 2.75) is 6.42 Å². The number of rotatable bonds is 7. The molecule has 1 aromatic carbocycles. The number of carbonyl (C=O) groups is 1. The van der Waals surface area contributed by atoms with Crippen LogP contribution in [0.1, 0.15) is 16.8 Å². The lowest BCUT2D eigenvalue weighted by atomic mass is 10.1. The number of aromatic hydroxyl groups is 1. The first-order chi connectivity index (χ1) is 8.13. The maximum Gasteiger partial charge on any atom is 0.176 e. The summed E-state index contributed by atoms with van der Waals surface area (Å²) in [6.45, 7) is 2.26. The van der Waals surface area contributed by atoms with Crippen LogP contribution in [-0.4, -0.2) is 49.5 Å². The van der Waals surface area contributed by atoms with Gasteiger partial charge in [-0.2, -0.15) is 0 Å². The molecule has 0 aromatic heterocycles. The third-order valence-corrected chi connectivity index (χ3v) is 2.57. The summed E-state index contributed by atoms with van der Waals surface area (Å²) in [5.74, 6) is 0.265. The average Bonchev–Trinajstić information content (AvgIpc) is 2.30. The zero-order valence-electron chi connectivity index (χ0n) is 10.4. The summed E-state index contributed by atoms with van der Waals surface area (Å²) in [6, 6.07) is 6.38. The molecule has 0 amide bonds. The van der Waals surface area contributed by atoms with Crippen LogP contribution < -0.4 is 5.32 Å². The van der Waals surface area contributed by atoms with E-state index in [1.165, 1.54) is 12.1 Å². The van der Waals surface area contributed by atoms with Gasteiger partial charge in [0.25, 0.3) is 0 Å². The molecule has 0 aliphatic carbocycles. The van der Waals surface area contributed by atoms with Crippen LogP contribution in [0.5, 0.6) is 5.75 Å². The fourth-order valence-corrected chi connectivity index (χ4v) is 1.59. The maximum absolute atomic E-state index is 11.9. The second-order valence-corrected chi connectivity index (χ2v) is 4.16. The molecule has 4 nitrogen and oxygen atoms in total. The molecule has 0 radical (unpaired) electrons. The van der Waals surface area contributed by atoms with Crippen LogP contribution in [0.25, 0.3) is 0 Å². The molecule has 0 aliphatic rings. The van der Waals surface area contributed by atoms with Crippen molar-refractivity contribution in [3.63, 3.8) is 0 Å². The van der Waals surface area contributed by atoms with E-state index in [9.17, 15) is 4.79 Å². The highest BCUT2D eigenvalue weighted by Gasteiger charge is 2.08. The zero-order chi connectivity index (χ0) is 12.7. The van der Waals surface area contributed by atoms with Crippen molar-refractivity contribution >= 4 is 5.78 Å². The van der Waals surface area contributed by atoms with E-state index < -0.39 is 0 Å². The number of benzene rings is 1. The molecule has 0 unspecified atom stereocenters. The zero-order valence-corrected chi connectivity index (χ0v) is 10.4. The lowest BCUT2D eigenvalue weighted by molar-refractivity contribution is 0.0946. The molecule has 0 bridgehead atoms. The predicted octanol–water partition coefficient (Wildman–Crippen LogP) is 1.12. The van der Waals surface area contributed by atoms with Gasteiger partial charge in [-0.15, -0.1) is 0 Å². The van der Waals surface area contributed by atoms with Gasteiger partial charge < -0.3 is 10.4 Å². The van der Waals surface area contributed by atoms with Crippen LogP contribution in [0.4, 0.5) is 0 Å². The minimum atomic E-state index is 0.0805. The first kappa shape index (κ1) is 13.7. The number of phenols is 1. The van der Waals surface area contributed by atoms with Gasteiger partial charge in [0.15, 0.2) is 5.78 Å². The summed E-state index contributed by atoms with van der Waals surface area (Å²) in [5, 5.41) is 12.2. The molecule has 0 saturated carbocycles. The Kier molecular flexibility index (Phi) is 5.66. The van der Waals surface area contributed by atoms with Gasteiger partial charge >= 0.3 is 0 Å². The van der Waals surface area contributed by atoms with E-state index in [1.54, 1.807) is 12.1 Å². The molecule has 0 spiro atoms. The molecular formula is C13H20N2O2. The number of likely N-dealkylation sites (N-methyl/N-ethyl adjacent to an activating group) is 1. The predicted molar refractivity (Wildman–Crippen MR) is 68.5 cm³/mol. The van der Waals surface area contributed by atoms with Gasteiger partial charge in [-0.1, -0.05) is 0 Å². The van der Waals surface area contributed by atoms with Crippen molar-refractivity contribution in [2.24, 2.45) is 0 Å². The van der Waals surface area contributed by atoms with E-state index in [0.717, 1.165) is 19.5 Å². The Morgan fingerprint density at radius 2 is 2.00 bits per heavy atom. The number of ketones is 1. The standard InChI is InChI=1S/C13H20N2O2/c1-14-8-3-9-15(2)10-13(17)11-4-6-12(16)7-5-11/h4-7,14,16H,3,8-10H2,1-2H3. The van der Waals surface area contributed by atoms with Gasteiger partial charge in [-0.05, 0) is 57.9 Å². The number of carbonyl (C=O) groups excluding carboxylic acids is 1. The quantitative estimate of drug-likeness (QED) is 0.550. The molecule has 0 fully saturated rings. The summed E-state index contributed by atoms with van der Waals surface area (Å²) < 4.78 is 0. The monoisotopic (exact) mass is 236 g/mol. The van der Waals surface area contributed by atoms with Crippen LogP contribution in [0.2, 0.25) is 0 Å². The Hall–Kier alpha value is -1.39. The highest BCUT2D eigenvalue weighted by molar-refractivity contribution is 5.97. The summed E-state index contributed by atoms with van der Waals surface area (Å²) in [7, 11) is 3.86. The molecule has 4 heteroatoms. The number of nitrogens with one attached hydrogen (secondary N) is 1. The summed E-state index contributed by atoms with van der Waals surface area (Å²) >= 11 is 0. The average molecular weight is 236 g/mol. The number of nitrogens with zero attached hydrogens (tertiary/aromatic N) is 1. The van der Waals surface area contributed by atoms with Crippen LogP contribution in [-0.2, 0) is 0 Å². The SMILES string of the molecule is CNCCCN(C)CC(=O)c1ccc(O)cc1. The van der Waals surface area contributed by atoms with Crippen LogP contribution in [0, 0.1) is 0 Å². The molecule has 1 aromatic rings. The molecule has 94 valence electrons. The van der Waals surface area contributed by atoms with Crippen LogP contribution in [0.3, 0.4) is 0 Å². The van der Waals surface area contributed by atoms with Crippen molar-refractivity contribution < 1.29 is 9.90 Å². The highest BCUT2D eigenvalue weighted by Crippen LogP contribution is 2.10. The Bertz CT molecular complexity index is 349. The number of hydrogen-bond donors (Lipinski definition) is 2. The topological polar surface area (TPSA) is 52.6 Å². The van der Waals surface area contributed by atoms with E-state index in [0.29, 0.717) is 12.1 Å². The Morgan fingerprint density at radius 1 is 1.35 bits per heavy atom. The maximum atomic E-state index is 11.9. The number of hydrogen-bond acceptors (Lipinski definition) is 4. The molecule has 2 N–H and O–H groups in total. The van der Waals surface area contributed by atoms with E-state index in [2.05, 4.69) is 5.32 Å². The van der Waals surface area contributed by atoms with Gasteiger partial charge in [0.1, 0.15) is 5.75 Å². The Morgan fingerprint density at radius 3 is 2.59 bits per heavy atom. The van der Waals surface area contributed by atoms with Gasteiger partial charge in [-0.25, -0.2) is 0 Å². The molecule has 0 heterocycles. The molecule has 0 aliphatic heterocycles. The summed E-state index contributed by atoms with van der Waals surface area (Å²) in [6.07, 6.45) is 1.02. The van der Waals surface area contributed by atoms with Crippen molar-refractivity contribution in [1.29, 1.82) is 0 Å². The third-order valence-electron chi connectivity index (χ3n) is 2.57. The Balaban J connectivity index is 2.40. The van der Waals surface area contributed by atoms with E-state index in [-0.39, 0.29) is 11.5 Å². The smallest absolute Gasteiger partial charge is 0.176 e. The van der Waals surface area contributed by atoms with E-state index in [1.807, 2.05) is 19.0 Å². The number of Topliss-reactive ketones (excluding diaryl/α,β-unsaturated/α-hetero) is 1. The lowest BCUT2D eigenvalue weighted by Crippen LogP contribution is -2.28. The van der Waals surface area contributed by atoms with Crippen molar-refractivity contribution in [2.75, 3.05) is 33.7 Å². The highest BCUT2D eigenvalue weighted by atomic mass is 16.3. The van der Waals surface area contributed by atoms with Crippen LogP contribution >= 0.6 is 0 Å². The lowest BCUT2D eigenvalue weighted by Gasteiger charge is -2.15. The summed E-state index contributed by atoms with van der Waals surface area (Å²) in [5.41, 5.74) is 0.642. The van der Waals surface area contributed by atoms with E-state index in [4.69, 9.17) is 5.11 Å².